The number of rotatable bonds is 9. The molecule has 0 saturated heterocycles. The maximum Gasteiger partial charge on any atom is 0.195 e. The molecular weight excluding hydrogens is 384 g/mol. The third-order valence-corrected chi connectivity index (χ3v) is 5.03. The Morgan fingerprint density at radius 3 is 2.76 bits per heavy atom. The zero-order chi connectivity index (χ0) is 20.3. The van der Waals surface area contributed by atoms with E-state index >= 15 is 0 Å². The zero-order valence-electron chi connectivity index (χ0n) is 16.7. The van der Waals surface area contributed by atoms with Crippen molar-refractivity contribution in [2.75, 3.05) is 32.7 Å². The molecule has 0 atom stereocenters. The van der Waals surface area contributed by atoms with Gasteiger partial charge in [0.1, 0.15) is 10.8 Å². The number of benzene rings is 2. The summed E-state index contributed by atoms with van der Waals surface area (Å²) < 4.78 is 10.8. The van der Waals surface area contributed by atoms with Gasteiger partial charge >= 0.3 is 0 Å². The van der Waals surface area contributed by atoms with Crippen molar-refractivity contribution in [1.82, 2.24) is 10.3 Å². The predicted molar refractivity (Wildman–Crippen MR) is 120 cm³/mol. The summed E-state index contributed by atoms with van der Waals surface area (Å²) in [6.07, 6.45) is 0.857. The number of thiazole rings is 1. The van der Waals surface area contributed by atoms with Crippen molar-refractivity contribution in [2.45, 2.75) is 13.0 Å². The SMILES string of the molecule is CN=C(NCc1csc(-c2ccccc2)n1)Nc1cccc(OCCCOC)c1. The monoisotopic (exact) mass is 410 g/mol. The molecule has 0 spiro atoms. The molecule has 1 heterocycles. The van der Waals surface area contributed by atoms with Crippen LogP contribution in [0, 0.1) is 0 Å². The number of aromatic nitrogens is 1. The number of nitrogens with zero attached hydrogens (tertiary/aromatic N) is 2. The smallest absolute Gasteiger partial charge is 0.195 e. The van der Waals surface area contributed by atoms with Crippen LogP contribution in [-0.2, 0) is 11.3 Å². The lowest BCUT2D eigenvalue weighted by atomic mass is 10.2. The molecule has 7 heteroatoms. The molecule has 3 aromatic rings. The fourth-order valence-corrected chi connectivity index (χ4v) is 3.47. The fraction of sp³-hybridized carbons (Fsp3) is 0.273. The van der Waals surface area contributed by atoms with Crippen molar-refractivity contribution in [3.8, 4) is 16.3 Å². The maximum absolute atomic E-state index is 5.75. The average Bonchev–Trinajstić information content (AvgIpc) is 3.24. The lowest BCUT2D eigenvalue weighted by Gasteiger charge is -2.12. The normalized spacial score (nSPS) is 11.3. The van der Waals surface area contributed by atoms with Crippen LogP contribution in [0.5, 0.6) is 5.75 Å². The first-order chi connectivity index (χ1) is 14.3. The van der Waals surface area contributed by atoms with Gasteiger partial charge in [0, 0.05) is 49.9 Å². The van der Waals surface area contributed by atoms with Gasteiger partial charge in [-0.2, -0.15) is 0 Å². The summed E-state index contributed by atoms with van der Waals surface area (Å²) >= 11 is 1.64. The van der Waals surface area contributed by atoms with Crippen LogP contribution in [0.2, 0.25) is 0 Å². The van der Waals surface area contributed by atoms with E-state index in [2.05, 4.69) is 33.1 Å². The molecule has 0 radical (unpaired) electrons. The van der Waals surface area contributed by atoms with Gasteiger partial charge in [-0.05, 0) is 12.1 Å². The molecule has 1 aromatic heterocycles. The van der Waals surface area contributed by atoms with Gasteiger partial charge in [0.25, 0.3) is 0 Å². The summed E-state index contributed by atoms with van der Waals surface area (Å²) in [6, 6.07) is 18.0. The molecule has 29 heavy (non-hydrogen) atoms. The molecule has 0 aliphatic carbocycles. The lowest BCUT2D eigenvalue weighted by molar-refractivity contribution is 0.172. The third kappa shape index (κ3) is 6.58. The van der Waals surface area contributed by atoms with Crippen LogP contribution < -0.4 is 15.4 Å². The molecule has 0 aliphatic rings. The largest absolute Gasteiger partial charge is 0.493 e. The second-order valence-corrected chi connectivity index (χ2v) is 7.14. The van der Waals surface area contributed by atoms with Gasteiger partial charge in [-0.15, -0.1) is 11.3 Å². The number of hydrogen-bond donors (Lipinski definition) is 2. The van der Waals surface area contributed by atoms with Crippen molar-refractivity contribution < 1.29 is 9.47 Å². The minimum atomic E-state index is 0.593. The van der Waals surface area contributed by atoms with Crippen LogP contribution in [0.25, 0.3) is 10.6 Å². The molecular formula is C22H26N4O2S. The van der Waals surface area contributed by atoms with E-state index in [4.69, 9.17) is 14.5 Å². The van der Waals surface area contributed by atoms with Gasteiger partial charge < -0.3 is 20.1 Å². The number of methoxy groups -OCH3 is 1. The van der Waals surface area contributed by atoms with Crippen LogP contribution in [-0.4, -0.2) is 38.3 Å². The molecule has 2 aromatic carbocycles. The van der Waals surface area contributed by atoms with Crippen molar-refractivity contribution >= 4 is 23.0 Å². The molecule has 6 nitrogen and oxygen atoms in total. The molecule has 152 valence electrons. The molecule has 0 aliphatic heterocycles. The Morgan fingerprint density at radius 1 is 1.10 bits per heavy atom. The Kier molecular flexibility index (Phi) is 8.03. The van der Waals surface area contributed by atoms with Crippen molar-refractivity contribution in [3.63, 3.8) is 0 Å². The van der Waals surface area contributed by atoms with Gasteiger partial charge in [-0.25, -0.2) is 4.98 Å². The number of guanidine groups is 1. The standard InChI is InChI=1S/C22H26N4O2S/c1-23-22(26-18-10-6-11-20(14-18)28-13-7-12-27-2)24-15-19-16-29-21(25-19)17-8-4-3-5-9-17/h3-6,8-11,14,16H,7,12-13,15H2,1-2H3,(H2,23,24,26). The van der Waals surface area contributed by atoms with E-state index in [0.717, 1.165) is 34.1 Å². The van der Waals surface area contributed by atoms with E-state index in [-0.39, 0.29) is 0 Å². The Morgan fingerprint density at radius 2 is 1.97 bits per heavy atom. The summed E-state index contributed by atoms with van der Waals surface area (Å²) in [5, 5.41) is 9.68. The highest BCUT2D eigenvalue weighted by molar-refractivity contribution is 7.13. The number of aliphatic imine (C=N–C) groups is 1. The van der Waals surface area contributed by atoms with Gasteiger partial charge in [-0.3, -0.25) is 4.99 Å². The molecule has 0 bridgehead atoms. The molecule has 0 unspecified atom stereocenters. The molecule has 0 saturated carbocycles. The predicted octanol–water partition coefficient (Wildman–Crippen LogP) is 4.41. The molecule has 0 amide bonds. The van der Waals surface area contributed by atoms with E-state index in [1.165, 1.54) is 0 Å². The first-order valence-electron chi connectivity index (χ1n) is 9.48. The van der Waals surface area contributed by atoms with Gasteiger partial charge in [-0.1, -0.05) is 36.4 Å². The highest BCUT2D eigenvalue weighted by Gasteiger charge is 2.06. The summed E-state index contributed by atoms with van der Waals surface area (Å²) in [7, 11) is 3.44. The van der Waals surface area contributed by atoms with E-state index in [1.54, 1.807) is 25.5 Å². The van der Waals surface area contributed by atoms with Gasteiger partial charge in [0.2, 0.25) is 0 Å². The third-order valence-electron chi connectivity index (χ3n) is 4.09. The molecule has 3 rings (SSSR count). The Labute approximate surface area is 175 Å². The molecule has 0 fully saturated rings. The summed E-state index contributed by atoms with van der Waals surface area (Å²) in [4.78, 5) is 8.99. The van der Waals surface area contributed by atoms with Crippen LogP contribution in [0.4, 0.5) is 5.69 Å². The summed E-state index contributed by atoms with van der Waals surface area (Å²) in [5.74, 6) is 1.49. The first-order valence-corrected chi connectivity index (χ1v) is 10.4. The van der Waals surface area contributed by atoms with Crippen LogP contribution >= 0.6 is 11.3 Å². The second-order valence-electron chi connectivity index (χ2n) is 6.28. The van der Waals surface area contributed by atoms with Crippen molar-refractivity contribution in [1.29, 1.82) is 0 Å². The highest BCUT2D eigenvalue weighted by atomic mass is 32.1. The Hall–Kier alpha value is -2.90. The minimum Gasteiger partial charge on any atom is -0.493 e. The number of hydrogen-bond acceptors (Lipinski definition) is 5. The number of anilines is 1. The quantitative estimate of drug-likeness (QED) is 0.311. The number of ether oxygens (including phenoxy) is 2. The minimum absolute atomic E-state index is 0.593. The van der Waals surface area contributed by atoms with Crippen molar-refractivity contribution in [2.24, 2.45) is 4.99 Å². The van der Waals surface area contributed by atoms with Crippen molar-refractivity contribution in [3.05, 3.63) is 65.7 Å². The molecule has 2 N–H and O–H groups in total. The topological polar surface area (TPSA) is 67.8 Å². The lowest BCUT2D eigenvalue weighted by Crippen LogP contribution is -2.30. The maximum atomic E-state index is 5.75. The van der Waals surface area contributed by atoms with E-state index in [1.807, 2.05) is 42.5 Å². The Balaban J connectivity index is 1.53. The van der Waals surface area contributed by atoms with Crippen LogP contribution in [0.15, 0.2) is 65.0 Å². The van der Waals surface area contributed by atoms with E-state index in [0.29, 0.717) is 25.7 Å². The highest BCUT2D eigenvalue weighted by Crippen LogP contribution is 2.23. The van der Waals surface area contributed by atoms with E-state index < -0.39 is 0 Å². The first kappa shape index (κ1) is 20.8. The summed E-state index contributed by atoms with van der Waals surface area (Å²) in [5.41, 5.74) is 3.02. The number of nitrogens with one attached hydrogen (secondary N) is 2. The average molecular weight is 411 g/mol. The zero-order valence-corrected chi connectivity index (χ0v) is 17.5. The van der Waals surface area contributed by atoms with E-state index in [9.17, 15) is 0 Å². The Bertz CT molecular complexity index is 912. The van der Waals surface area contributed by atoms with Crippen LogP contribution in [0.1, 0.15) is 12.1 Å². The second kappa shape index (κ2) is 11.2. The fourth-order valence-electron chi connectivity index (χ4n) is 2.65. The van der Waals surface area contributed by atoms with Gasteiger partial charge in [0.15, 0.2) is 5.96 Å². The summed E-state index contributed by atoms with van der Waals surface area (Å²) in [6.45, 7) is 1.91. The van der Waals surface area contributed by atoms with Crippen LogP contribution in [0.3, 0.4) is 0 Å². The van der Waals surface area contributed by atoms with Gasteiger partial charge in [0.05, 0.1) is 18.8 Å².